The number of benzene rings is 1. The number of carbonyl (C=O) groups excluding carboxylic acids is 1. The summed E-state index contributed by atoms with van der Waals surface area (Å²) >= 11 is 6.17. The number of aromatic nitrogens is 3. The summed E-state index contributed by atoms with van der Waals surface area (Å²) in [6.07, 6.45) is 6.32. The van der Waals surface area contributed by atoms with Crippen LogP contribution < -0.4 is 5.32 Å². The summed E-state index contributed by atoms with van der Waals surface area (Å²) in [6, 6.07) is 8.04. The average Bonchev–Trinajstić information content (AvgIpc) is 3.23. The molecule has 2 aliphatic rings. The standard InChI is InChI=1S/C17H20ClN5O/c18-12-5-1-2-6-15(12)23-11-14(20-21-23)17(24)19-13-8-10-22-9-4-3-7-16(13)22/h1-2,5-6,11,13,16H,3-4,7-10H2,(H,19,24)/t13-,16-/m0/s1. The van der Waals surface area contributed by atoms with Gasteiger partial charge in [-0.1, -0.05) is 35.4 Å². The van der Waals surface area contributed by atoms with E-state index >= 15 is 0 Å². The number of nitrogens with zero attached hydrogens (tertiary/aromatic N) is 4. The molecule has 24 heavy (non-hydrogen) atoms. The lowest BCUT2D eigenvalue weighted by Gasteiger charge is -2.32. The number of halogens is 1. The number of amides is 1. The molecular formula is C17H20ClN5O. The van der Waals surface area contributed by atoms with E-state index in [1.165, 1.54) is 12.8 Å². The van der Waals surface area contributed by atoms with Crippen LogP contribution in [0.15, 0.2) is 30.5 Å². The Morgan fingerprint density at radius 1 is 1.21 bits per heavy atom. The minimum absolute atomic E-state index is 0.161. The highest BCUT2D eigenvalue weighted by atomic mass is 35.5. The summed E-state index contributed by atoms with van der Waals surface area (Å²) in [5.74, 6) is -0.161. The van der Waals surface area contributed by atoms with Crippen LogP contribution in [0.25, 0.3) is 5.69 Å². The number of nitrogens with one attached hydrogen (secondary N) is 1. The predicted molar refractivity (Wildman–Crippen MR) is 91.5 cm³/mol. The molecule has 0 spiro atoms. The second-order valence-electron chi connectivity index (χ2n) is 6.47. The van der Waals surface area contributed by atoms with Crippen molar-refractivity contribution < 1.29 is 4.79 Å². The maximum atomic E-state index is 12.5. The van der Waals surface area contributed by atoms with Crippen molar-refractivity contribution in [2.75, 3.05) is 13.1 Å². The van der Waals surface area contributed by atoms with Gasteiger partial charge in [-0.2, -0.15) is 0 Å². The molecule has 2 saturated heterocycles. The van der Waals surface area contributed by atoms with E-state index in [4.69, 9.17) is 11.6 Å². The molecule has 1 amide bonds. The van der Waals surface area contributed by atoms with Crippen LogP contribution in [0.5, 0.6) is 0 Å². The Morgan fingerprint density at radius 2 is 2.08 bits per heavy atom. The van der Waals surface area contributed by atoms with Gasteiger partial charge in [-0.25, -0.2) is 4.68 Å². The van der Waals surface area contributed by atoms with Gasteiger partial charge in [-0.15, -0.1) is 5.10 Å². The van der Waals surface area contributed by atoms with Crippen molar-refractivity contribution in [3.05, 3.63) is 41.2 Å². The lowest BCUT2D eigenvalue weighted by Crippen LogP contribution is -2.46. The fourth-order valence-electron chi connectivity index (χ4n) is 3.78. The lowest BCUT2D eigenvalue weighted by atomic mass is 9.99. The smallest absolute Gasteiger partial charge is 0.273 e. The third kappa shape index (κ3) is 2.91. The van der Waals surface area contributed by atoms with Gasteiger partial charge in [-0.3, -0.25) is 9.69 Å². The third-order valence-corrected chi connectivity index (χ3v) is 5.32. The summed E-state index contributed by atoms with van der Waals surface area (Å²) in [5, 5.41) is 11.8. The first-order valence-corrected chi connectivity index (χ1v) is 8.82. The van der Waals surface area contributed by atoms with Crippen LogP contribution in [-0.2, 0) is 0 Å². The number of rotatable bonds is 3. The van der Waals surface area contributed by atoms with E-state index in [1.54, 1.807) is 16.9 Å². The summed E-state index contributed by atoms with van der Waals surface area (Å²) in [4.78, 5) is 15.0. The van der Waals surface area contributed by atoms with Gasteiger partial charge in [0.1, 0.15) is 0 Å². The summed E-state index contributed by atoms with van der Waals surface area (Å²) in [6.45, 7) is 2.22. The maximum absolute atomic E-state index is 12.5. The zero-order chi connectivity index (χ0) is 16.5. The molecule has 0 unspecified atom stereocenters. The molecule has 126 valence electrons. The molecule has 4 rings (SSSR count). The Balaban J connectivity index is 1.47. The molecular weight excluding hydrogens is 326 g/mol. The van der Waals surface area contributed by atoms with Gasteiger partial charge in [0.05, 0.1) is 16.9 Å². The molecule has 2 atom stereocenters. The Hall–Kier alpha value is -1.92. The van der Waals surface area contributed by atoms with Crippen LogP contribution in [0.1, 0.15) is 36.2 Å². The minimum Gasteiger partial charge on any atom is -0.346 e. The van der Waals surface area contributed by atoms with Crippen LogP contribution >= 0.6 is 11.6 Å². The summed E-state index contributed by atoms with van der Waals surface area (Å²) < 4.78 is 1.54. The van der Waals surface area contributed by atoms with Gasteiger partial charge >= 0.3 is 0 Å². The first-order valence-electron chi connectivity index (χ1n) is 8.44. The van der Waals surface area contributed by atoms with Gasteiger partial charge in [0.2, 0.25) is 0 Å². The SMILES string of the molecule is O=C(N[C@H]1CCN2CCCC[C@@H]12)c1cn(-c2ccccc2Cl)nn1. The van der Waals surface area contributed by atoms with E-state index in [1.807, 2.05) is 18.2 Å². The number of hydrogen-bond donors (Lipinski definition) is 1. The molecule has 0 bridgehead atoms. The Labute approximate surface area is 145 Å². The van der Waals surface area contributed by atoms with Crippen LogP contribution in [0.3, 0.4) is 0 Å². The molecule has 7 heteroatoms. The van der Waals surface area contributed by atoms with Crippen molar-refractivity contribution in [2.24, 2.45) is 0 Å². The number of carbonyl (C=O) groups is 1. The van der Waals surface area contributed by atoms with Crippen molar-refractivity contribution in [1.82, 2.24) is 25.2 Å². The number of hydrogen-bond acceptors (Lipinski definition) is 4. The highest BCUT2D eigenvalue weighted by Gasteiger charge is 2.36. The van der Waals surface area contributed by atoms with Crippen LogP contribution in [0.4, 0.5) is 0 Å². The van der Waals surface area contributed by atoms with E-state index < -0.39 is 0 Å². The number of para-hydroxylation sites is 1. The molecule has 2 aliphatic heterocycles. The zero-order valence-corrected chi connectivity index (χ0v) is 14.1. The number of piperidine rings is 1. The maximum Gasteiger partial charge on any atom is 0.273 e. The van der Waals surface area contributed by atoms with E-state index in [2.05, 4.69) is 20.5 Å². The van der Waals surface area contributed by atoms with Gasteiger partial charge in [0, 0.05) is 18.6 Å². The second-order valence-corrected chi connectivity index (χ2v) is 6.87. The molecule has 1 aromatic heterocycles. The summed E-state index contributed by atoms with van der Waals surface area (Å²) in [5.41, 5.74) is 1.04. The van der Waals surface area contributed by atoms with Gasteiger partial charge in [0.15, 0.2) is 5.69 Å². The highest BCUT2D eigenvalue weighted by Crippen LogP contribution is 2.27. The van der Waals surface area contributed by atoms with E-state index in [0.717, 1.165) is 25.9 Å². The molecule has 3 heterocycles. The predicted octanol–water partition coefficient (Wildman–Crippen LogP) is 2.28. The van der Waals surface area contributed by atoms with Gasteiger partial charge < -0.3 is 5.32 Å². The quantitative estimate of drug-likeness (QED) is 0.927. The van der Waals surface area contributed by atoms with Crippen molar-refractivity contribution in [3.8, 4) is 5.69 Å². The van der Waals surface area contributed by atoms with E-state index in [9.17, 15) is 4.79 Å². The highest BCUT2D eigenvalue weighted by molar-refractivity contribution is 6.32. The molecule has 2 aromatic rings. The topological polar surface area (TPSA) is 63.1 Å². The summed E-state index contributed by atoms with van der Waals surface area (Å²) in [7, 11) is 0. The molecule has 6 nitrogen and oxygen atoms in total. The van der Waals surface area contributed by atoms with Gasteiger partial charge in [0.25, 0.3) is 5.91 Å². The first-order chi connectivity index (χ1) is 11.7. The van der Waals surface area contributed by atoms with Crippen molar-refractivity contribution in [1.29, 1.82) is 0 Å². The zero-order valence-electron chi connectivity index (χ0n) is 13.4. The molecule has 0 aliphatic carbocycles. The average molecular weight is 346 g/mol. The van der Waals surface area contributed by atoms with E-state index in [0.29, 0.717) is 22.4 Å². The molecule has 1 aromatic carbocycles. The Kier molecular flexibility index (Phi) is 4.24. The molecule has 0 radical (unpaired) electrons. The molecule has 2 fully saturated rings. The number of fused-ring (bicyclic) bond motifs is 1. The minimum atomic E-state index is -0.161. The Morgan fingerprint density at radius 3 is 2.96 bits per heavy atom. The Bertz CT molecular complexity index is 746. The van der Waals surface area contributed by atoms with Crippen molar-refractivity contribution >= 4 is 17.5 Å². The lowest BCUT2D eigenvalue weighted by molar-refractivity contribution is 0.0910. The van der Waals surface area contributed by atoms with Crippen LogP contribution in [0, 0.1) is 0 Å². The first kappa shape index (κ1) is 15.6. The fraction of sp³-hybridized carbons (Fsp3) is 0.471. The van der Waals surface area contributed by atoms with E-state index in [-0.39, 0.29) is 11.9 Å². The molecule has 1 N–H and O–H groups in total. The van der Waals surface area contributed by atoms with Crippen molar-refractivity contribution in [3.63, 3.8) is 0 Å². The largest absolute Gasteiger partial charge is 0.346 e. The normalized spacial score (nSPS) is 23.9. The van der Waals surface area contributed by atoms with Crippen molar-refractivity contribution in [2.45, 2.75) is 37.8 Å². The van der Waals surface area contributed by atoms with Gasteiger partial charge in [-0.05, 0) is 37.9 Å². The third-order valence-electron chi connectivity index (χ3n) is 5.00. The van der Waals surface area contributed by atoms with Crippen LogP contribution in [0.2, 0.25) is 5.02 Å². The second kappa shape index (κ2) is 6.53. The molecule has 0 saturated carbocycles. The van der Waals surface area contributed by atoms with Crippen LogP contribution in [-0.4, -0.2) is 51.0 Å². The monoisotopic (exact) mass is 345 g/mol. The fourth-order valence-corrected chi connectivity index (χ4v) is 4.00.